The number of ether oxygens (including phenoxy) is 1. The van der Waals surface area contributed by atoms with Crippen LogP contribution in [0.25, 0.3) is 10.8 Å². The number of rotatable bonds is 12. The first kappa shape index (κ1) is 33.7. The Labute approximate surface area is 240 Å². The maximum Gasteiger partial charge on any atom is 0.490 e. The Morgan fingerprint density at radius 2 is 1.44 bits per heavy atom. The van der Waals surface area contributed by atoms with Crippen LogP contribution in [0.5, 0.6) is 0 Å². The molecule has 0 saturated carbocycles. The zero-order valence-corrected chi connectivity index (χ0v) is 24.9. The quantitative estimate of drug-likeness (QED) is 0.131. The van der Waals surface area contributed by atoms with Crippen LogP contribution in [-0.2, 0) is 46.6 Å². The summed E-state index contributed by atoms with van der Waals surface area (Å²) in [5.41, 5.74) is -1.58. The first-order valence-corrected chi connectivity index (χ1v) is 18.0. The lowest BCUT2D eigenvalue weighted by Gasteiger charge is -2.21. The van der Waals surface area contributed by atoms with Gasteiger partial charge in [-0.1, -0.05) is 42.5 Å². The third-order valence-corrected chi connectivity index (χ3v) is 12.1. The number of nitrogens with one attached hydrogen (secondary N) is 1. The molecule has 1 aromatic heterocycles. The summed E-state index contributed by atoms with van der Waals surface area (Å²) in [4.78, 5) is 64.7. The van der Waals surface area contributed by atoms with Crippen LogP contribution in [-0.4, -0.2) is 64.3 Å². The van der Waals surface area contributed by atoms with E-state index < -0.39 is 79.6 Å². The van der Waals surface area contributed by atoms with Crippen molar-refractivity contribution in [3.05, 3.63) is 81.1 Å². The Bertz CT molecular complexity index is 1800. The molecule has 0 spiro atoms. The van der Waals surface area contributed by atoms with E-state index in [0.29, 0.717) is 15.3 Å². The number of aliphatic hydroxyl groups is 2. The molecular weight excluding hydrogens is 664 g/mol. The molecule has 1 aliphatic heterocycles. The van der Waals surface area contributed by atoms with Gasteiger partial charge in [0.2, 0.25) is 0 Å². The summed E-state index contributed by atoms with van der Waals surface area (Å²) >= 11 is 0. The molecule has 0 radical (unpaired) electrons. The number of nitrogens with zero attached hydrogens (tertiary/aromatic N) is 1. The number of hydrogen-bond acceptors (Lipinski definition) is 13. The van der Waals surface area contributed by atoms with Gasteiger partial charge in [-0.15, -0.1) is 0 Å². The maximum atomic E-state index is 12.6. The van der Waals surface area contributed by atoms with Crippen molar-refractivity contribution in [2.24, 2.45) is 0 Å². The fourth-order valence-electron chi connectivity index (χ4n) is 4.04. The van der Waals surface area contributed by atoms with Crippen molar-refractivity contribution in [2.45, 2.75) is 30.7 Å². The van der Waals surface area contributed by atoms with Crippen LogP contribution in [0.2, 0.25) is 0 Å². The van der Waals surface area contributed by atoms with Gasteiger partial charge in [0, 0.05) is 12.3 Å². The fraction of sp³-hybridized carbons (Fsp3) is 0.300. The summed E-state index contributed by atoms with van der Waals surface area (Å²) in [6.45, 7) is -1.12. The van der Waals surface area contributed by atoms with Crippen molar-refractivity contribution >= 4 is 41.8 Å². The molecular formula is C20H24N2O17P4. The van der Waals surface area contributed by atoms with Crippen LogP contribution in [0, 0.1) is 0 Å². The summed E-state index contributed by atoms with van der Waals surface area (Å²) in [5, 5.41) is 21.5. The van der Waals surface area contributed by atoms with E-state index in [0.717, 1.165) is 12.3 Å². The number of fused-ring (bicyclic) bond motifs is 1. The lowest BCUT2D eigenvalue weighted by atomic mass is 10.1. The highest BCUT2D eigenvalue weighted by molar-refractivity contribution is 7.70. The van der Waals surface area contributed by atoms with Gasteiger partial charge in [0.1, 0.15) is 18.3 Å². The van der Waals surface area contributed by atoms with Crippen LogP contribution < -0.4 is 11.2 Å². The first-order chi connectivity index (χ1) is 19.9. The monoisotopic (exact) mass is 688 g/mol. The third-order valence-electron chi connectivity index (χ3n) is 5.76. The summed E-state index contributed by atoms with van der Waals surface area (Å²) in [6, 6.07) is 12.2. The van der Waals surface area contributed by atoms with Crippen LogP contribution in [0.3, 0.4) is 0 Å². The van der Waals surface area contributed by atoms with Gasteiger partial charge in [-0.3, -0.25) is 23.4 Å². The predicted octanol–water partition coefficient (Wildman–Crippen LogP) is 1.06. The summed E-state index contributed by atoms with van der Waals surface area (Å²) in [6.07, 6.45) is -6.81. The van der Waals surface area contributed by atoms with Crippen LogP contribution in [0.1, 0.15) is 11.8 Å². The zero-order chi connectivity index (χ0) is 31.8. The molecule has 2 heterocycles. The Hall–Kier alpha value is -2.14. The van der Waals surface area contributed by atoms with Gasteiger partial charge in [0.25, 0.3) is 5.56 Å². The van der Waals surface area contributed by atoms with E-state index in [2.05, 4.69) is 17.5 Å². The van der Waals surface area contributed by atoms with Crippen molar-refractivity contribution < 1.29 is 70.2 Å². The van der Waals surface area contributed by atoms with E-state index in [1.165, 1.54) is 6.07 Å². The average Bonchev–Trinajstić information content (AvgIpc) is 3.14. The van der Waals surface area contributed by atoms with Crippen LogP contribution in [0.4, 0.5) is 0 Å². The summed E-state index contributed by atoms with van der Waals surface area (Å²) < 4.78 is 71.7. The lowest BCUT2D eigenvalue weighted by molar-refractivity contribution is -0.0542. The number of hydrogen-bond donors (Lipinski definition) is 7. The zero-order valence-electron chi connectivity index (χ0n) is 21.3. The van der Waals surface area contributed by atoms with Gasteiger partial charge < -0.3 is 34.5 Å². The van der Waals surface area contributed by atoms with E-state index in [1.54, 1.807) is 36.4 Å². The lowest BCUT2D eigenvalue weighted by Crippen LogP contribution is -2.37. The molecule has 8 atom stereocenters. The molecule has 1 saturated heterocycles. The van der Waals surface area contributed by atoms with E-state index in [9.17, 15) is 57.6 Å². The van der Waals surface area contributed by atoms with Crippen molar-refractivity contribution in [1.29, 1.82) is 0 Å². The van der Waals surface area contributed by atoms with Gasteiger partial charge in [0.05, 0.1) is 12.8 Å². The van der Waals surface area contributed by atoms with Crippen molar-refractivity contribution in [3.63, 3.8) is 0 Å². The Kier molecular flexibility index (Phi) is 9.96. The second kappa shape index (κ2) is 12.7. The minimum absolute atomic E-state index is 0.217. The normalized spacial score (nSPS) is 26.3. The molecule has 19 nitrogen and oxygen atoms in total. The Balaban J connectivity index is 1.36. The number of aromatic nitrogens is 2. The number of aromatic amines is 1. The van der Waals surface area contributed by atoms with Crippen molar-refractivity contribution in [2.75, 3.05) is 6.61 Å². The molecule has 0 amide bonds. The summed E-state index contributed by atoms with van der Waals surface area (Å²) in [5.74, 6) is 0. The minimum Gasteiger partial charge on any atom is -0.387 e. The third kappa shape index (κ3) is 8.74. The highest BCUT2D eigenvalue weighted by Gasteiger charge is 2.48. The smallest absolute Gasteiger partial charge is 0.387 e. The molecule has 4 rings (SSSR count). The molecule has 5 unspecified atom stereocenters. The number of phosphoric acid groups is 3. The van der Waals surface area contributed by atoms with Crippen molar-refractivity contribution in [1.82, 2.24) is 9.55 Å². The average molecular weight is 688 g/mol. The maximum absolute atomic E-state index is 12.6. The first-order valence-electron chi connectivity index (χ1n) is 11.8. The number of benzene rings is 2. The molecule has 23 heteroatoms. The molecule has 7 N–H and O–H groups in total. The molecule has 1 fully saturated rings. The summed E-state index contributed by atoms with van der Waals surface area (Å²) in [7, 11) is -22.7. The standard InChI is InChI=1S/C20H24N2O17P4/c23-16-8-9-22(20(26)21-16)19-18(25)17(24)15(36-19)10-35-41(29,30)38-43(33,34)39-42(31,32)37-40(27,28)11-13-6-3-5-12-4-1-2-7-14(12)13/h1-9,15,17-19,24-25H,10-11H2,(H,27,28)(H,29,30)(H,31,32)(H,33,34)(H,21,23,26)/t15-,17+,18?,19-/m1/s1. The largest absolute Gasteiger partial charge is 0.490 e. The fourth-order valence-corrected chi connectivity index (χ4v) is 9.65. The van der Waals surface area contributed by atoms with Gasteiger partial charge in [-0.05, 0) is 16.3 Å². The minimum atomic E-state index is -6.04. The molecule has 2 aromatic carbocycles. The number of phosphoric ester groups is 1. The SMILES string of the molecule is O=c1ccn([C@@H]2O[C@H](COP(=O)(O)OP(=O)(O)OP(=O)(O)OP(=O)(O)Cc3cccc4ccccc34)[C@H](O)C2O)c(=O)[nH]1. The van der Waals surface area contributed by atoms with E-state index in [4.69, 9.17) is 4.74 Å². The molecule has 0 bridgehead atoms. The number of H-pyrrole nitrogens is 1. The van der Waals surface area contributed by atoms with Gasteiger partial charge in [-0.2, -0.15) is 8.62 Å². The van der Waals surface area contributed by atoms with Gasteiger partial charge in [-0.25, -0.2) is 22.8 Å². The van der Waals surface area contributed by atoms with E-state index >= 15 is 0 Å². The van der Waals surface area contributed by atoms with Gasteiger partial charge in [0.15, 0.2) is 6.23 Å². The molecule has 3 aromatic rings. The highest BCUT2D eigenvalue weighted by atomic mass is 31.3. The van der Waals surface area contributed by atoms with Gasteiger partial charge >= 0.3 is 36.8 Å². The van der Waals surface area contributed by atoms with Crippen LogP contribution in [0.15, 0.2) is 64.3 Å². The second-order valence-corrected chi connectivity index (χ2v) is 15.6. The molecule has 43 heavy (non-hydrogen) atoms. The Morgan fingerprint density at radius 1 is 0.814 bits per heavy atom. The Morgan fingerprint density at radius 3 is 2.14 bits per heavy atom. The molecule has 1 aliphatic rings. The van der Waals surface area contributed by atoms with E-state index in [-0.39, 0.29) is 5.56 Å². The van der Waals surface area contributed by atoms with E-state index in [1.807, 2.05) is 4.98 Å². The highest BCUT2D eigenvalue weighted by Crippen LogP contribution is 2.71. The molecule has 0 aliphatic carbocycles. The predicted molar refractivity (Wildman–Crippen MR) is 143 cm³/mol. The number of aliphatic hydroxyl groups excluding tert-OH is 2. The molecule has 236 valence electrons. The second-order valence-electron chi connectivity index (χ2n) is 8.94. The topological polar surface area (TPSA) is 291 Å². The van der Waals surface area contributed by atoms with Crippen molar-refractivity contribution in [3.8, 4) is 0 Å². The van der Waals surface area contributed by atoms with Crippen LogP contribution >= 0.6 is 31.1 Å².